The SMILES string of the molecule is CCNC(=O)c1ccc(N2CCNCC2)c(C)c1.Cl.Cl. The fourth-order valence-corrected chi connectivity index (χ4v) is 2.32. The molecule has 0 aliphatic carbocycles. The molecule has 0 aromatic heterocycles. The summed E-state index contributed by atoms with van der Waals surface area (Å²) in [5, 5.41) is 6.17. The van der Waals surface area contributed by atoms with Crippen LogP contribution < -0.4 is 15.5 Å². The van der Waals surface area contributed by atoms with E-state index in [1.165, 1.54) is 11.3 Å². The largest absolute Gasteiger partial charge is 0.369 e. The predicted molar refractivity (Wildman–Crippen MR) is 88.8 cm³/mol. The molecule has 114 valence electrons. The van der Waals surface area contributed by atoms with Crippen molar-refractivity contribution in [3.63, 3.8) is 0 Å². The second-order valence-corrected chi connectivity index (χ2v) is 4.60. The van der Waals surface area contributed by atoms with Crippen molar-refractivity contribution >= 4 is 36.4 Å². The Hall–Kier alpha value is -0.970. The number of piperazine rings is 1. The number of rotatable bonds is 3. The summed E-state index contributed by atoms with van der Waals surface area (Å²) in [5.41, 5.74) is 3.15. The van der Waals surface area contributed by atoms with E-state index < -0.39 is 0 Å². The molecule has 6 heteroatoms. The van der Waals surface area contributed by atoms with Gasteiger partial charge in [0.1, 0.15) is 0 Å². The number of hydrogen-bond donors (Lipinski definition) is 2. The van der Waals surface area contributed by atoms with Crippen LogP contribution in [0.3, 0.4) is 0 Å². The van der Waals surface area contributed by atoms with E-state index in [0.717, 1.165) is 31.7 Å². The predicted octanol–water partition coefficient (Wildman–Crippen LogP) is 2.00. The van der Waals surface area contributed by atoms with Gasteiger partial charge in [0.25, 0.3) is 5.91 Å². The number of halogens is 2. The lowest BCUT2D eigenvalue weighted by Crippen LogP contribution is -2.43. The van der Waals surface area contributed by atoms with Crippen LogP contribution >= 0.6 is 24.8 Å². The van der Waals surface area contributed by atoms with Gasteiger partial charge >= 0.3 is 0 Å². The van der Waals surface area contributed by atoms with Gasteiger partial charge in [-0.05, 0) is 37.6 Å². The number of nitrogens with one attached hydrogen (secondary N) is 2. The highest BCUT2D eigenvalue weighted by Crippen LogP contribution is 2.21. The number of amides is 1. The second-order valence-electron chi connectivity index (χ2n) is 4.60. The molecule has 1 fully saturated rings. The molecule has 1 amide bonds. The smallest absolute Gasteiger partial charge is 0.251 e. The Balaban J connectivity index is 0.00000180. The van der Waals surface area contributed by atoms with Gasteiger partial charge in [-0.2, -0.15) is 0 Å². The summed E-state index contributed by atoms with van der Waals surface area (Å²) in [5.74, 6) is 0.00691. The third kappa shape index (κ3) is 4.54. The van der Waals surface area contributed by atoms with Crippen molar-refractivity contribution in [1.82, 2.24) is 10.6 Å². The van der Waals surface area contributed by atoms with Crippen LogP contribution in [-0.2, 0) is 0 Å². The lowest BCUT2D eigenvalue weighted by molar-refractivity contribution is 0.0956. The van der Waals surface area contributed by atoms with Gasteiger partial charge in [-0.15, -0.1) is 24.8 Å². The Morgan fingerprint density at radius 3 is 2.50 bits per heavy atom. The van der Waals surface area contributed by atoms with Crippen LogP contribution in [0.25, 0.3) is 0 Å². The monoisotopic (exact) mass is 319 g/mol. The number of carbonyl (C=O) groups excluding carboxylic acids is 1. The summed E-state index contributed by atoms with van der Waals surface area (Å²) in [4.78, 5) is 14.1. The summed E-state index contributed by atoms with van der Waals surface area (Å²) in [6.45, 7) is 8.77. The minimum Gasteiger partial charge on any atom is -0.369 e. The zero-order valence-corrected chi connectivity index (χ0v) is 13.6. The summed E-state index contributed by atoms with van der Waals surface area (Å²) in [6.07, 6.45) is 0. The molecule has 0 bridgehead atoms. The van der Waals surface area contributed by atoms with Gasteiger partial charge in [0.05, 0.1) is 0 Å². The van der Waals surface area contributed by atoms with Crippen LogP contribution in [0.5, 0.6) is 0 Å². The molecule has 1 aromatic carbocycles. The van der Waals surface area contributed by atoms with Crippen molar-refractivity contribution in [2.24, 2.45) is 0 Å². The fraction of sp³-hybridized carbons (Fsp3) is 0.500. The average molecular weight is 320 g/mol. The van der Waals surface area contributed by atoms with Crippen molar-refractivity contribution in [2.45, 2.75) is 13.8 Å². The van der Waals surface area contributed by atoms with Crippen LogP contribution in [0.2, 0.25) is 0 Å². The zero-order chi connectivity index (χ0) is 13.0. The molecule has 1 aliphatic rings. The normalized spacial score (nSPS) is 14.0. The lowest BCUT2D eigenvalue weighted by Gasteiger charge is -2.30. The van der Waals surface area contributed by atoms with Gasteiger partial charge < -0.3 is 15.5 Å². The molecule has 1 saturated heterocycles. The molecular weight excluding hydrogens is 297 g/mol. The van der Waals surface area contributed by atoms with Crippen LogP contribution in [0.15, 0.2) is 18.2 Å². The molecule has 1 heterocycles. The van der Waals surface area contributed by atoms with Crippen molar-refractivity contribution < 1.29 is 4.79 Å². The zero-order valence-electron chi connectivity index (χ0n) is 11.9. The highest BCUT2D eigenvalue weighted by Gasteiger charge is 2.14. The van der Waals surface area contributed by atoms with Crippen molar-refractivity contribution in [3.05, 3.63) is 29.3 Å². The van der Waals surface area contributed by atoms with Gasteiger partial charge in [-0.25, -0.2) is 0 Å². The maximum absolute atomic E-state index is 11.7. The van der Waals surface area contributed by atoms with Crippen LogP contribution in [0, 0.1) is 6.92 Å². The molecule has 4 nitrogen and oxygen atoms in total. The first-order valence-corrected chi connectivity index (χ1v) is 6.57. The number of benzene rings is 1. The summed E-state index contributed by atoms with van der Waals surface area (Å²) in [7, 11) is 0. The number of carbonyl (C=O) groups is 1. The minimum atomic E-state index is 0. The van der Waals surface area contributed by atoms with Crippen LogP contribution in [0.4, 0.5) is 5.69 Å². The first-order valence-electron chi connectivity index (χ1n) is 6.57. The Bertz CT molecular complexity index is 434. The second kappa shape index (κ2) is 9.06. The molecule has 0 spiro atoms. The highest BCUT2D eigenvalue weighted by molar-refractivity contribution is 5.94. The van der Waals surface area contributed by atoms with Crippen LogP contribution in [-0.4, -0.2) is 38.6 Å². The Morgan fingerprint density at radius 1 is 1.30 bits per heavy atom. The third-order valence-corrected chi connectivity index (χ3v) is 3.25. The van der Waals surface area contributed by atoms with E-state index in [0.29, 0.717) is 6.54 Å². The molecule has 0 radical (unpaired) electrons. The minimum absolute atomic E-state index is 0. The van der Waals surface area contributed by atoms with E-state index in [4.69, 9.17) is 0 Å². The molecule has 2 rings (SSSR count). The summed E-state index contributed by atoms with van der Waals surface area (Å²) < 4.78 is 0. The van der Waals surface area contributed by atoms with Crippen molar-refractivity contribution in [3.8, 4) is 0 Å². The number of anilines is 1. The van der Waals surface area contributed by atoms with E-state index >= 15 is 0 Å². The molecule has 0 unspecified atom stereocenters. The quantitative estimate of drug-likeness (QED) is 0.895. The summed E-state index contributed by atoms with van der Waals surface area (Å²) in [6, 6.07) is 5.95. The van der Waals surface area contributed by atoms with E-state index in [2.05, 4.69) is 28.5 Å². The van der Waals surface area contributed by atoms with E-state index in [9.17, 15) is 4.79 Å². The molecule has 1 aromatic rings. The molecular formula is C14H23Cl2N3O. The van der Waals surface area contributed by atoms with Gasteiger partial charge in [-0.3, -0.25) is 4.79 Å². The average Bonchev–Trinajstić information content (AvgIpc) is 2.40. The molecule has 0 saturated carbocycles. The molecule has 20 heavy (non-hydrogen) atoms. The Morgan fingerprint density at radius 2 is 1.95 bits per heavy atom. The van der Waals surface area contributed by atoms with Gasteiger partial charge in [-0.1, -0.05) is 0 Å². The number of hydrogen-bond acceptors (Lipinski definition) is 3. The van der Waals surface area contributed by atoms with Gasteiger partial charge in [0, 0.05) is 44.0 Å². The third-order valence-electron chi connectivity index (χ3n) is 3.25. The van der Waals surface area contributed by atoms with E-state index in [1.807, 2.05) is 19.1 Å². The number of aryl methyl sites for hydroxylation is 1. The van der Waals surface area contributed by atoms with Gasteiger partial charge in [0.2, 0.25) is 0 Å². The highest BCUT2D eigenvalue weighted by atomic mass is 35.5. The maximum atomic E-state index is 11.7. The van der Waals surface area contributed by atoms with Crippen molar-refractivity contribution in [1.29, 1.82) is 0 Å². The first-order chi connectivity index (χ1) is 8.72. The Labute approximate surface area is 133 Å². The van der Waals surface area contributed by atoms with Crippen molar-refractivity contribution in [2.75, 3.05) is 37.6 Å². The maximum Gasteiger partial charge on any atom is 0.251 e. The molecule has 1 aliphatic heterocycles. The van der Waals surface area contributed by atoms with Gasteiger partial charge in [0.15, 0.2) is 0 Å². The van der Waals surface area contributed by atoms with Crippen LogP contribution in [0.1, 0.15) is 22.8 Å². The lowest BCUT2D eigenvalue weighted by atomic mass is 10.1. The Kier molecular flexibility index (Phi) is 8.62. The van der Waals surface area contributed by atoms with E-state index in [1.54, 1.807) is 0 Å². The first kappa shape index (κ1) is 19.0. The van der Waals surface area contributed by atoms with E-state index in [-0.39, 0.29) is 30.7 Å². The standard InChI is InChI=1S/C14H21N3O.2ClH/c1-3-16-14(18)12-4-5-13(11(2)10-12)17-8-6-15-7-9-17;;/h4-5,10,15H,3,6-9H2,1-2H3,(H,16,18);2*1H. The molecule has 2 N–H and O–H groups in total. The topological polar surface area (TPSA) is 44.4 Å². The fourth-order valence-electron chi connectivity index (χ4n) is 2.32. The molecule has 0 atom stereocenters. The summed E-state index contributed by atoms with van der Waals surface area (Å²) >= 11 is 0. The number of nitrogens with zero attached hydrogens (tertiary/aromatic N) is 1.